The van der Waals surface area contributed by atoms with Crippen molar-refractivity contribution in [1.29, 1.82) is 0 Å². The molecule has 0 aliphatic heterocycles. The summed E-state index contributed by atoms with van der Waals surface area (Å²) < 4.78 is 25.9. The van der Waals surface area contributed by atoms with Crippen molar-refractivity contribution in [2.24, 2.45) is 0 Å². The van der Waals surface area contributed by atoms with E-state index in [2.05, 4.69) is 4.98 Å². The molecular weight excluding hydrogens is 224 g/mol. The Bertz CT molecular complexity index is 526. The number of nitrogens with zero attached hydrogens (tertiary/aromatic N) is 1. The van der Waals surface area contributed by atoms with Crippen LogP contribution < -0.4 is 0 Å². The summed E-state index contributed by atoms with van der Waals surface area (Å²) in [6, 6.07) is 6.68. The van der Waals surface area contributed by atoms with Gasteiger partial charge in [0.05, 0.1) is 0 Å². The van der Waals surface area contributed by atoms with Gasteiger partial charge in [0.2, 0.25) is 0 Å². The fraction of sp³-hybridized carbons (Fsp3) is 0.154. The molecule has 2 rings (SSSR count). The number of pyridine rings is 1. The van der Waals surface area contributed by atoms with Crippen LogP contribution in [0.1, 0.15) is 18.1 Å². The summed E-state index contributed by atoms with van der Waals surface area (Å²) in [5.41, 5.74) is -0.599. The average Bonchev–Trinajstić information content (AvgIpc) is 2.33. The first-order valence-corrected chi connectivity index (χ1v) is 5.10. The van der Waals surface area contributed by atoms with Gasteiger partial charge < -0.3 is 5.11 Å². The molecule has 1 atom stereocenters. The zero-order valence-corrected chi connectivity index (χ0v) is 9.19. The van der Waals surface area contributed by atoms with Crippen molar-refractivity contribution < 1.29 is 13.9 Å². The number of aromatic nitrogens is 1. The van der Waals surface area contributed by atoms with Gasteiger partial charge in [-0.05, 0) is 30.7 Å². The first-order chi connectivity index (χ1) is 8.01. The molecule has 2 nitrogen and oxygen atoms in total. The van der Waals surface area contributed by atoms with Crippen LogP contribution in [0.4, 0.5) is 8.78 Å². The summed E-state index contributed by atoms with van der Waals surface area (Å²) in [6.07, 6.45) is 3.06. The Morgan fingerprint density at radius 2 is 1.88 bits per heavy atom. The van der Waals surface area contributed by atoms with E-state index in [1.54, 1.807) is 18.3 Å². The Balaban J connectivity index is 2.48. The van der Waals surface area contributed by atoms with Gasteiger partial charge in [-0.1, -0.05) is 12.1 Å². The molecule has 1 aromatic heterocycles. The van der Waals surface area contributed by atoms with E-state index in [-0.39, 0.29) is 5.56 Å². The third kappa shape index (κ3) is 2.17. The second kappa shape index (κ2) is 4.22. The largest absolute Gasteiger partial charge is 0.381 e. The maximum Gasteiger partial charge on any atom is 0.159 e. The summed E-state index contributed by atoms with van der Waals surface area (Å²) in [7, 11) is 0. The van der Waals surface area contributed by atoms with Gasteiger partial charge in [0.15, 0.2) is 11.6 Å². The van der Waals surface area contributed by atoms with Gasteiger partial charge >= 0.3 is 0 Å². The minimum absolute atomic E-state index is 0.282. The molecule has 0 amide bonds. The smallest absolute Gasteiger partial charge is 0.159 e. The number of hydrogen-bond donors (Lipinski definition) is 1. The third-order valence-corrected chi connectivity index (χ3v) is 2.71. The second-order valence-corrected chi connectivity index (χ2v) is 3.94. The molecule has 0 aliphatic carbocycles. The van der Waals surface area contributed by atoms with Crippen LogP contribution in [0, 0.1) is 11.6 Å². The van der Waals surface area contributed by atoms with Crippen LogP contribution >= 0.6 is 0 Å². The summed E-state index contributed by atoms with van der Waals surface area (Å²) in [5.74, 6) is -1.91. The normalized spacial score (nSPS) is 14.4. The van der Waals surface area contributed by atoms with E-state index in [1.807, 2.05) is 0 Å². The molecule has 1 heterocycles. The van der Waals surface area contributed by atoms with Gasteiger partial charge in [-0.2, -0.15) is 0 Å². The zero-order chi connectivity index (χ0) is 12.5. The predicted octanol–water partition coefficient (Wildman–Crippen LogP) is 2.62. The molecule has 1 N–H and O–H groups in total. The third-order valence-electron chi connectivity index (χ3n) is 2.71. The van der Waals surface area contributed by atoms with Gasteiger partial charge in [-0.25, -0.2) is 8.78 Å². The first kappa shape index (κ1) is 11.7. The minimum Gasteiger partial charge on any atom is -0.381 e. The summed E-state index contributed by atoms with van der Waals surface area (Å²) in [6.45, 7) is 1.51. The number of hydrogen-bond acceptors (Lipinski definition) is 2. The van der Waals surface area contributed by atoms with Crippen LogP contribution in [0.25, 0.3) is 0 Å². The van der Waals surface area contributed by atoms with Crippen LogP contribution in [0.3, 0.4) is 0 Å². The van der Waals surface area contributed by atoms with E-state index >= 15 is 0 Å². The molecule has 0 spiro atoms. The van der Waals surface area contributed by atoms with Crippen molar-refractivity contribution in [1.82, 2.24) is 4.98 Å². The Morgan fingerprint density at radius 1 is 1.12 bits per heavy atom. The van der Waals surface area contributed by atoms with Crippen molar-refractivity contribution in [2.75, 3.05) is 0 Å². The molecule has 0 saturated carbocycles. The van der Waals surface area contributed by atoms with Crippen LogP contribution in [-0.2, 0) is 5.60 Å². The van der Waals surface area contributed by atoms with E-state index in [1.165, 1.54) is 19.2 Å². The number of aliphatic hydroxyl groups is 1. The number of rotatable bonds is 2. The lowest BCUT2D eigenvalue weighted by molar-refractivity contribution is 0.101. The highest BCUT2D eigenvalue weighted by Crippen LogP contribution is 2.29. The highest BCUT2D eigenvalue weighted by Gasteiger charge is 2.26. The Hall–Kier alpha value is -1.81. The summed E-state index contributed by atoms with van der Waals surface area (Å²) >= 11 is 0. The molecule has 0 aliphatic rings. The van der Waals surface area contributed by atoms with Crippen LogP contribution in [-0.4, -0.2) is 10.1 Å². The molecular formula is C13H11F2NO. The topological polar surface area (TPSA) is 33.1 Å². The van der Waals surface area contributed by atoms with Crippen LogP contribution in [0.2, 0.25) is 0 Å². The molecule has 88 valence electrons. The molecule has 17 heavy (non-hydrogen) atoms. The van der Waals surface area contributed by atoms with Crippen LogP contribution in [0.15, 0.2) is 42.7 Å². The second-order valence-electron chi connectivity index (χ2n) is 3.94. The molecule has 1 unspecified atom stereocenters. The molecule has 0 bridgehead atoms. The van der Waals surface area contributed by atoms with Gasteiger partial charge in [-0.15, -0.1) is 0 Å². The number of benzene rings is 1. The van der Waals surface area contributed by atoms with Crippen molar-refractivity contribution in [3.8, 4) is 0 Å². The van der Waals surface area contributed by atoms with Crippen molar-refractivity contribution in [3.63, 3.8) is 0 Å². The highest BCUT2D eigenvalue weighted by molar-refractivity contribution is 5.33. The first-order valence-electron chi connectivity index (χ1n) is 5.10. The lowest BCUT2D eigenvalue weighted by atomic mass is 9.89. The van der Waals surface area contributed by atoms with E-state index < -0.39 is 17.2 Å². The molecule has 0 fully saturated rings. The zero-order valence-electron chi connectivity index (χ0n) is 9.19. The van der Waals surface area contributed by atoms with Crippen molar-refractivity contribution >= 4 is 0 Å². The van der Waals surface area contributed by atoms with E-state index in [4.69, 9.17) is 0 Å². The molecule has 0 radical (unpaired) electrons. The lowest BCUT2D eigenvalue weighted by Crippen LogP contribution is -2.23. The predicted molar refractivity (Wildman–Crippen MR) is 59.3 cm³/mol. The fourth-order valence-electron chi connectivity index (χ4n) is 1.62. The van der Waals surface area contributed by atoms with Gasteiger partial charge in [-0.3, -0.25) is 4.98 Å². The summed E-state index contributed by atoms with van der Waals surface area (Å²) in [4.78, 5) is 3.89. The Labute approximate surface area is 97.6 Å². The molecule has 0 saturated heterocycles. The van der Waals surface area contributed by atoms with E-state index in [9.17, 15) is 13.9 Å². The lowest BCUT2D eigenvalue weighted by Gasteiger charge is -2.24. The SMILES string of the molecule is CC(O)(c1cccnc1)c1ccc(F)c(F)c1. The summed E-state index contributed by atoms with van der Waals surface area (Å²) in [5, 5.41) is 10.3. The van der Waals surface area contributed by atoms with Gasteiger partial charge in [0, 0.05) is 18.0 Å². The van der Waals surface area contributed by atoms with Crippen LogP contribution in [0.5, 0.6) is 0 Å². The van der Waals surface area contributed by atoms with Gasteiger partial charge in [0.1, 0.15) is 5.60 Å². The molecule has 1 aromatic carbocycles. The van der Waals surface area contributed by atoms with E-state index in [0.717, 1.165) is 12.1 Å². The quantitative estimate of drug-likeness (QED) is 0.868. The fourth-order valence-corrected chi connectivity index (χ4v) is 1.62. The Morgan fingerprint density at radius 3 is 2.47 bits per heavy atom. The number of halogens is 2. The Kier molecular flexibility index (Phi) is 2.90. The minimum atomic E-state index is -1.40. The van der Waals surface area contributed by atoms with Crippen molar-refractivity contribution in [3.05, 3.63) is 65.5 Å². The highest BCUT2D eigenvalue weighted by atomic mass is 19.2. The monoisotopic (exact) mass is 235 g/mol. The van der Waals surface area contributed by atoms with E-state index in [0.29, 0.717) is 5.56 Å². The molecule has 4 heteroatoms. The standard InChI is InChI=1S/C13H11F2NO/c1-13(17,10-3-2-6-16-8-10)9-4-5-11(14)12(15)7-9/h2-8,17H,1H3. The molecule has 2 aromatic rings. The van der Waals surface area contributed by atoms with Gasteiger partial charge in [0.25, 0.3) is 0 Å². The van der Waals surface area contributed by atoms with Crippen molar-refractivity contribution in [2.45, 2.75) is 12.5 Å². The maximum atomic E-state index is 13.1. The maximum absolute atomic E-state index is 13.1. The average molecular weight is 235 g/mol.